The Kier molecular flexibility index (Phi) is 6.03. The van der Waals surface area contributed by atoms with E-state index < -0.39 is 0 Å². The van der Waals surface area contributed by atoms with Crippen LogP contribution in [-0.4, -0.2) is 18.6 Å². The lowest BCUT2D eigenvalue weighted by Crippen LogP contribution is -2.38. The molecular weight excluding hydrogens is 290 g/mol. The van der Waals surface area contributed by atoms with E-state index >= 15 is 0 Å². The van der Waals surface area contributed by atoms with Crippen LogP contribution in [0, 0.1) is 5.92 Å². The molecule has 0 bridgehead atoms. The summed E-state index contributed by atoms with van der Waals surface area (Å²) in [7, 11) is 0. The number of carbonyl (C=O) groups excluding carboxylic acids is 1. The van der Waals surface area contributed by atoms with E-state index in [0.717, 1.165) is 11.5 Å². The van der Waals surface area contributed by atoms with Gasteiger partial charge < -0.3 is 14.8 Å². The third kappa shape index (κ3) is 5.66. The molecule has 0 radical (unpaired) electrons. The molecule has 4 heteroatoms. The molecule has 2 aromatic rings. The number of para-hydroxylation sites is 1. The number of ether oxygens (including phenoxy) is 2. The van der Waals surface area contributed by atoms with Crippen LogP contribution in [0.3, 0.4) is 0 Å². The van der Waals surface area contributed by atoms with Gasteiger partial charge in [-0.3, -0.25) is 4.79 Å². The summed E-state index contributed by atoms with van der Waals surface area (Å²) in [6, 6.07) is 16.9. The van der Waals surface area contributed by atoms with Crippen LogP contribution in [0.1, 0.15) is 20.8 Å². The molecule has 2 aromatic carbocycles. The molecule has 2 rings (SSSR count). The molecular formula is C19H23NO3. The molecule has 0 aliphatic heterocycles. The van der Waals surface area contributed by atoms with Crippen LogP contribution in [0.5, 0.6) is 17.2 Å². The minimum atomic E-state index is -0.115. The summed E-state index contributed by atoms with van der Waals surface area (Å²) in [5, 5.41) is 2.90. The van der Waals surface area contributed by atoms with Gasteiger partial charge in [0.25, 0.3) is 5.91 Å². The van der Waals surface area contributed by atoms with Gasteiger partial charge in [0.2, 0.25) is 0 Å². The van der Waals surface area contributed by atoms with Gasteiger partial charge in [-0.05, 0) is 49.2 Å². The summed E-state index contributed by atoms with van der Waals surface area (Å²) in [5.41, 5.74) is 0. The van der Waals surface area contributed by atoms with Crippen molar-refractivity contribution >= 4 is 5.91 Å². The highest BCUT2D eigenvalue weighted by molar-refractivity contribution is 5.77. The normalized spacial score (nSPS) is 11.8. The number of rotatable bonds is 7. The molecule has 1 atom stereocenters. The molecule has 0 saturated carbocycles. The summed E-state index contributed by atoms with van der Waals surface area (Å²) in [4.78, 5) is 11.8. The maximum atomic E-state index is 11.8. The summed E-state index contributed by atoms with van der Waals surface area (Å²) in [6.07, 6.45) is 0. The van der Waals surface area contributed by atoms with Crippen molar-refractivity contribution in [1.29, 1.82) is 0 Å². The summed E-state index contributed by atoms with van der Waals surface area (Å²) in [6.45, 7) is 6.13. The molecule has 0 aliphatic carbocycles. The van der Waals surface area contributed by atoms with E-state index in [9.17, 15) is 4.79 Å². The molecule has 0 aliphatic rings. The monoisotopic (exact) mass is 313 g/mol. The molecule has 0 unspecified atom stereocenters. The zero-order chi connectivity index (χ0) is 16.7. The van der Waals surface area contributed by atoms with Crippen LogP contribution in [0.25, 0.3) is 0 Å². The van der Waals surface area contributed by atoms with Crippen molar-refractivity contribution in [2.45, 2.75) is 26.8 Å². The molecule has 1 N–H and O–H groups in total. The Morgan fingerprint density at radius 3 is 2.09 bits per heavy atom. The Bertz CT molecular complexity index is 608. The van der Waals surface area contributed by atoms with Gasteiger partial charge in [-0.15, -0.1) is 0 Å². The lowest BCUT2D eigenvalue weighted by atomic mass is 10.1. The smallest absolute Gasteiger partial charge is 0.258 e. The van der Waals surface area contributed by atoms with E-state index in [1.807, 2.05) is 49.4 Å². The predicted molar refractivity (Wildman–Crippen MR) is 90.9 cm³/mol. The molecule has 0 fully saturated rings. The summed E-state index contributed by atoms with van der Waals surface area (Å²) in [5.74, 6) is 2.42. The third-order valence-corrected chi connectivity index (χ3v) is 3.56. The van der Waals surface area contributed by atoms with E-state index in [2.05, 4.69) is 19.2 Å². The lowest BCUT2D eigenvalue weighted by molar-refractivity contribution is -0.124. The van der Waals surface area contributed by atoms with Gasteiger partial charge in [-0.1, -0.05) is 32.0 Å². The van der Waals surface area contributed by atoms with E-state index in [-0.39, 0.29) is 18.6 Å². The number of carbonyl (C=O) groups is 1. The van der Waals surface area contributed by atoms with Crippen LogP contribution in [-0.2, 0) is 4.79 Å². The highest BCUT2D eigenvalue weighted by atomic mass is 16.5. The Balaban J connectivity index is 1.82. The molecule has 0 heterocycles. The van der Waals surface area contributed by atoms with E-state index in [0.29, 0.717) is 11.7 Å². The number of amides is 1. The molecule has 1 amide bonds. The van der Waals surface area contributed by atoms with Crippen molar-refractivity contribution in [2.24, 2.45) is 5.92 Å². The van der Waals surface area contributed by atoms with Gasteiger partial charge in [0.15, 0.2) is 6.61 Å². The lowest BCUT2D eigenvalue weighted by Gasteiger charge is -2.17. The molecule has 0 saturated heterocycles. The SMILES string of the molecule is CC(C)[C@@H](C)NC(=O)COc1ccc(Oc2ccccc2)cc1. The maximum absolute atomic E-state index is 11.8. The fourth-order valence-electron chi connectivity index (χ4n) is 1.84. The largest absolute Gasteiger partial charge is 0.484 e. The number of benzene rings is 2. The number of hydrogen-bond donors (Lipinski definition) is 1. The second kappa shape index (κ2) is 8.22. The first-order chi connectivity index (χ1) is 11.0. The highest BCUT2D eigenvalue weighted by Crippen LogP contribution is 2.23. The van der Waals surface area contributed by atoms with Crippen LogP contribution in [0.2, 0.25) is 0 Å². The minimum Gasteiger partial charge on any atom is -0.484 e. The zero-order valence-electron chi connectivity index (χ0n) is 13.8. The first kappa shape index (κ1) is 16.9. The average molecular weight is 313 g/mol. The first-order valence-electron chi connectivity index (χ1n) is 7.79. The van der Waals surface area contributed by atoms with Crippen molar-refractivity contribution < 1.29 is 14.3 Å². The van der Waals surface area contributed by atoms with Crippen molar-refractivity contribution in [3.63, 3.8) is 0 Å². The predicted octanol–water partition coefficient (Wildman–Crippen LogP) is 4.02. The summed E-state index contributed by atoms with van der Waals surface area (Å²) >= 11 is 0. The van der Waals surface area contributed by atoms with Gasteiger partial charge in [0.1, 0.15) is 17.2 Å². The molecule has 122 valence electrons. The van der Waals surface area contributed by atoms with E-state index in [4.69, 9.17) is 9.47 Å². The second-order valence-electron chi connectivity index (χ2n) is 5.78. The van der Waals surface area contributed by atoms with Gasteiger partial charge in [-0.25, -0.2) is 0 Å². The van der Waals surface area contributed by atoms with Crippen molar-refractivity contribution in [1.82, 2.24) is 5.32 Å². The van der Waals surface area contributed by atoms with Crippen LogP contribution < -0.4 is 14.8 Å². The third-order valence-electron chi connectivity index (χ3n) is 3.56. The number of hydrogen-bond acceptors (Lipinski definition) is 3. The minimum absolute atomic E-state index is 0.00987. The Labute approximate surface area is 137 Å². The van der Waals surface area contributed by atoms with Gasteiger partial charge in [0, 0.05) is 6.04 Å². The fraction of sp³-hybridized carbons (Fsp3) is 0.316. The molecule has 0 spiro atoms. The number of nitrogens with one attached hydrogen (secondary N) is 1. The Morgan fingerprint density at radius 1 is 0.913 bits per heavy atom. The highest BCUT2D eigenvalue weighted by Gasteiger charge is 2.11. The topological polar surface area (TPSA) is 47.6 Å². The fourth-order valence-corrected chi connectivity index (χ4v) is 1.84. The van der Waals surface area contributed by atoms with E-state index in [1.54, 1.807) is 12.1 Å². The summed E-state index contributed by atoms with van der Waals surface area (Å²) < 4.78 is 11.2. The van der Waals surface area contributed by atoms with Crippen molar-refractivity contribution in [3.8, 4) is 17.2 Å². The molecule has 4 nitrogen and oxygen atoms in total. The van der Waals surface area contributed by atoms with Gasteiger partial charge >= 0.3 is 0 Å². The Hall–Kier alpha value is -2.49. The maximum Gasteiger partial charge on any atom is 0.258 e. The van der Waals surface area contributed by atoms with Gasteiger partial charge in [-0.2, -0.15) is 0 Å². The molecule has 0 aromatic heterocycles. The zero-order valence-corrected chi connectivity index (χ0v) is 13.8. The van der Waals surface area contributed by atoms with Crippen LogP contribution >= 0.6 is 0 Å². The Morgan fingerprint density at radius 2 is 1.48 bits per heavy atom. The van der Waals surface area contributed by atoms with E-state index in [1.165, 1.54) is 0 Å². The van der Waals surface area contributed by atoms with Crippen LogP contribution in [0.4, 0.5) is 0 Å². The average Bonchev–Trinajstić information content (AvgIpc) is 2.55. The van der Waals surface area contributed by atoms with Crippen LogP contribution in [0.15, 0.2) is 54.6 Å². The standard InChI is InChI=1S/C19H23NO3/c1-14(2)15(3)20-19(21)13-22-16-9-11-18(12-10-16)23-17-7-5-4-6-8-17/h4-12,14-15H,13H2,1-3H3,(H,20,21)/t15-/m1/s1. The molecule has 23 heavy (non-hydrogen) atoms. The second-order valence-corrected chi connectivity index (χ2v) is 5.78. The quantitative estimate of drug-likeness (QED) is 0.840. The van der Waals surface area contributed by atoms with Gasteiger partial charge in [0.05, 0.1) is 0 Å². The first-order valence-corrected chi connectivity index (χ1v) is 7.79. The van der Waals surface area contributed by atoms with Crippen molar-refractivity contribution in [3.05, 3.63) is 54.6 Å². The van der Waals surface area contributed by atoms with Crippen molar-refractivity contribution in [2.75, 3.05) is 6.61 Å².